The highest BCUT2D eigenvalue weighted by molar-refractivity contribution is 6.31. The van der Waals surface area contributed by atoms with E-state index >= 15 is 0 Å². The van der Waals surface area contributed by atoms with E-state index in [0.29, 0.717) is 36.2 Å². The number of ether oxygens (including phenoxy) is 3. The number of anilines is 1. The summed E-state index contributed by atoms with van der Waals surface area (Å²) in [4.78, 5) is 13.2. The Hall–Kier alpha value is -2.44. The summed E-state index contributed by atoms with van der Waals surface area (Å²) in [5.74, 6) is 2.01. The number of carbonyl (C=O) groups excluding carboxylic acids is 1. The third-order valence-corrected chi connectivity index (χ3v) is 3.99. The quantitative estimate of drug-likeness (QED) is 0.698. The summed E-state index contributed by atoms with van der Waals surface area (Å²) in [6, 6.07) is 12.5. The zero-order valence-corrected chi connectivity index (χ0v) is 15.9. The van der Waals surface area contributed by atoms with Crippen LogP contribution in [0.2, 0.25) is 5.02 Å². The maximum Gasteiger partial charge on any atom is 0.279 e. The van der Waals surface area contributed by atoms with Gasteiger partial charge in [-0.15, -0.1) is 0 Å². The summed E-state index contributed by atoms with van der Waals surface area (Å²) in [5.41, 5.74) is 0.562. The summed E-state index contributed by atoms with van der Waals surface area (Å²) in [7, 11) is 5.11. The highest BCUT2D eigenvalue weighted by Gasteiger charge is 2.13. The molecule has 0 heterocycles. The lowest BCUT2D eigenvalue weighted by atomic mass is 10.3. The van der Waals surface area contributed by atoms with Gasteiger partial charge in [0.1, 0.15) is 30.4 Å². The van der Waals surface area contributed by atoms with Gasteiger partial charge in [0.15, 0.2) is 6.54 Å². The summed E-state index contributed by atoms with van der Waals surface area (Å²) >= 11 is 5.97. The Labute approximate surface area is 158 Å². The fourth-order valence-corrected chi connectivity index (χ4v) is 2.52. The summed E-state index contributed by atoms with van der Waals surface area (Å²) in [6.07, 6.45) is 0. The minimum absolute atomic E-state index is 0.118. The molecular formula is C19H24ClN2O4+. The molecule has 0 spiro atoms. The van der Waals surface area contributed by atoms with E-state index in [1.165, 1.54) is 0 Å². The van der Waals surface area contributed by atoms with Crippen molar-refractivity contribution in [2.45, 2.75) is 0 Å². The van der Waals surface area contributed by atoms with Gasteiger partial charge in [-0.05, 0) is 42.5 Å². The molecule has 2 rings (SSSR count). The second kappa shape index (κ2) is 9.89. The molecule has 0 fully saturated rings. The number of likely N-dealkylation sites (N-methyl/N-ethyl adjacent to an activating group) is 1. The van der Waals surface area contributed by atoms with Crippen LogP contribution in [0.15, 0.2) is 42.5 Å². The molecule has 2 aromatic rings. The number of amides is 1. The highest BCUT2D eigenvalue weighted by Crippen LogP contribution is 2.27. The normalized spacial score (nSPS) is 11.5. The number of rotatable bonds is 9. The molecule has 140 valence electrons. The van der Waals surface area contributed by atoms with Crippen LogP contribution in [0.1, 0.15) is 0 Å². The van der Waals surface area contributed by atoms with E-state index in [1.807, 2.05) is 31.3 Å². The van der Waals surface area contributed by atoms with Crippen molar-refractivity contribution in [3.05, 3.63) is 47.5 Å². The van der Waals surface area contributed by atoms with E-state index in [-0.39, 0.29) is 5.91 Å². The molecule has 1 atom stereocenters. The Morgan fingerprint density at radius 3 is 2.42 bits per heavy atom. The predicted molar refractivity (Wildman–Crippen MR) is 102 cm³/mol. The lowest BCUT2D eigenvalue weighted by molar-refractivity contribution is -0.871. The van der Waals surface area contributed by atoms with Gasteiger partial charge in [0.05, 0.1) is 27.0 Å². The summed E-state index contributed by atoms with van der Waals surface area (Å²) in [6.45, 7) is 1.50. The Bertz CT molecular complexity index is 722. The molecule has 1 amide bonds. The predicted octanol–water partition coefficient (Wildman–Crippen LogP) is 1.89. The highest BCUT2D eigenvalue weighted by atomic mass is 35.5. The third-order valence-electron chi connectivity index (χ3n) is 3.75. The van der Waals surface area contributed by atoms with Gasteiger partial charge in [0, 0.05) is 5.02 Å². The van der Waals surface area contributed by atoms with Crippen LogP contribution in [0.4, 0.5) is 5.69 Å². The van der Waals surface area contributed by atoms with Gasteiger partial charge in [-0.2, -0.15) is 0 Å². The van der Waals surface area contributed by atoms with Crippen LogP contribution in [0, 0.1) is 0 Å². The van der Waals surface area contributed by atoms with Gasteiger partial charge in [-0.3, -0.25) is 4.79 Å². The minimum Gasteiger partial charge on any atom is -0.497 e. The molecule has 7 heteroatoms. The fourth-order valence-electron chi connectivity index (χ4n) is 2.35. The number of methoxy groups -OCH3 is 2. The number of benzene rings is 2. The number of halogens is 1. The van der Waals surface area contributed by atoms with Gasteiger partial charge in [-0.25, -0.2) is 0 Å². The maximum atomic E-state index is 12.2. The Morgan fingerprint density at radius 2 is 1.77 bits per heavy atom. The van der Waals surface area contributed by atoms with Crippen LogP contribution >= 0.6 is 11.6 Å². The van der Waals surface area contributed by atoms with Crippen molar-refractivity contribution in [1.29, 1.82) is 0 Å². The number of hydrogen-bond acceptors (Lipinski definition) is 4. The largest absolute Gasteiger partial charge is 0.497 e. The van der Waals surface area contributed by atoms with Crippen molar-refractivity contribution in [2.24, 2.45) is 0 Å². The molecular weight excluding hydrogens is 356 g/mol. The smallest absolute Gasteiger partial charge is 0.279 e. The monoisotopic (exact) mass is 379 g/mol. The van der Waals surface area contributed by atoms with Crippen LogP contribution < -0.4 is 24.4 Å². The van der Waals surface area contributed by atoms with E-state index in [4.69, 9.17) is 25.8 Å². The van der Waals surface area contributed by atoms with Crippen LogP contribution in [-0.2, 0) is 4.79 Å². The van der Waals surface area contributed by atoms with Crippen molar-refractivity contribution in [2.75, 3.05) is 46.3 Å². The standard InChI is InChI=1S/C19H23ClN2O4/c1-22(10-11-26-16-7-5-15(24-2)6-8-16)13-19(23)21-17-12-14(20)4-9-18(17)25-3/h4-9,12H,10-11,13H2,1-3H3,(H,21,23)/p+1. The minimum atomic E-state index is -0.118. The van der Waals surface area contributed by atoms with Gasteiger partial charge in [0.2, 0.25) is 0 Å². The first kappa shape index (κ1) is 19.9. The van der Waals surface area contributed by atoms with Gasteiger partial charge >= 0.3 is 0 Å². The molecule has 0 saturated heterocycles. The van der Waals surface area contributed by atoms with Gasteiger partial charge in [-0.1, -0.05) is 11.6 Å². The van der Waals surface area contributed by atoms with Crippen molar-refractivity contribution in [1.82, 2.24) is 0 Å². The topological polar surface area (TPSA) is 61.2 Å². The third kappa shape index (κ3) is 6.13. The molecule has 0 aromatic heterocycles. The van der Waals surface area contributed by atoms with E-state index in [0.717, 1.165) is 16.4 Å². The first-order valence-electron chi connectivity index (χ1n) is 8.23. The van der Waals surface area contributed by atoms with Crippen molar-refractivity contribution >= 4 is 23.2 Å². The van der Waals surface area contributed by atoms with Crippen LogP contribution in [-0.4, -0.2) is 46.9 Å². The maximum absolute atomic E-state index is 12.2. The number of quaternary nitrogens is 1. The lowest BCUT2D eigenvalue weighted by Gasteiger charge is -2.15. The van der Waals surface area contributed by atoms with Crippen LogP contribution in [0.25, 0.3) is 0 Å². The van der Waals surface area contributed by atoms with Crippen molar-refractivity contribution < 1.29 is 23.9 Å². The average molecular weight is 380 g/mol. The molecule has 0 aliphatic carbocycles. The van der Waals surface area contributed by atoms with Crippen LogP contribution in [0.5, 0.6) is 17.2 Å². The molecule has 1 unspecified atom stereocenters. The fraction of sp³-hybridized carbons (Fsp3) is 0.316. The molecule has 0 bridgehead atoms. The average Bonchev–Trinajstić information content (AvgIpc) is 2.62. The number of carbonyl (C=O) groups is 1. The number of nitrogens with one attached hydrogen (secondary N) is 2. The van der Waals surface area contributed by atoms with Crippen molar-refractivity contribution in [3.8, 4) is 17.2 Å². The molecule has 0 saturated carbocycles. The second-order valence-corrected chi connectivity index (χ2v) is 6.24. The molecule has 0 aliphatic heterocycles. The van der Waals surface area contributed by atoms with Gasteiger partial charge in [0.25, 0.3) is 5.91 Å². The molecule has 2 N–H and O–H groups in total. The summed E-state index contributed by atoms with van der Waals surface area (Å²) in [5, 5.41) is 3.37. The van der Waals surface area contributed by atoms with Crippen molar-refractivity contribution in [3.63, 3.8) is 0 Å². The van der Waals surface area contributed by atoms with Crippen LogP contribution in [0.3, 0.4) is 0 Å². The Balaban J connectivity index is 1.77. The van der Waals surface area contributed by atoms with E-state index in [2.05, 4.69) is 5.32 Å². The first-order valence-corrected chi connectivity index (χ1v) is 8.61. The van der Waals surface area contributed by atoms with E-state index in [1.54, 1.807) is 32.4 Å². The zero-order valence-electron chi connectivity index (χ0n) is 15.2. The van der Waals surface area contributed by atoms with Gasteiger partial charge < -0.3 is 24.4 Å². The Kier molecular flexibility index (Phi) is 7.56. The second-order valence-electron chi connectivity index (χ2n) is 5.80. The Morgan fingerprint density at radius 1 is 1.08 bits per heavy atom. The number of hydrogen-bond donors (Lipinski definition) is 2. The SMILES string of the molecule is COc1ccc(OCC[NH+](C)CC(=O)Nc2cc(Cl)ccc2OC)cc1. The van der Waals surface area contributed by atoms with E-state index < -0.39 is 0 Å². The molecule has 6 nitrogen and oxygen atoms in total. The van der Waals surface area contributed by atoms with E-state index in [9.17, 15) is 4.79 Å². The first-order chi connectivity index (χ1) is 12.5. The molecule has 0 aliphatic rings. The molecule has 0 radical (unpaired) electrons. The molecule has 2 aromatic carbocycles. The summed E-state index contributed by atoms with van der Waals surface area (Å²) < 4.78 is 16.0. The lowest BCUT2D eigenvalue weighted by Crippen LogP contribution is -3.10. The zero-order chi connectivity index (χ0) is 18.9. The molecule has 26 heavy (non-hydrogen) atoms.